The minimum atomic E-state index is -0.448. The Bertz CT molecular complexity index is 357. The Morgan fingerprint density at radius 2 is 1.62 bits per heavy atom. The van der Waals surface area contributed by atoms with E-state index in [-0.39, 0.29) is 24.2 Å². The molecule has 0 unspecified atom stereocenters. The van der Waals surface area contributed by atoms with Crippen molar-refractivity contribution in [2.24, 2.45) is 11.7 Å². The van der Waals surface area contributed by atoms with Crippen molar-refractivity contribution in [3.63, 3.8) is 0 Å². The van der Waals surface area contributed by atoms with Crippen molar-refractivity contribution < 1.29 is 9.59 Å². The molecule has 21 heavy (non-hydrogen) atoms. The van der Waals surface area contributed by atoms with E-state index < -0.39 is 6.04 Å². The maximum atomic E-state index is 12.3. The van der Waals surface area contributed by atoms with E-state index in [0.717, 1.165) is 13.0 Å². The average molecular weight is 318 g/mol. The van der Waals surface area contributed by atoms with E-state index in [4.69, 9.17) is 5.73 Å². The van der Waals surface area contributed by atoms with Crippen LogP contribution >= 0.6 is 12.4 Å². The second-order valence-electron chi connectivity index (χ2n) is 6.20. The number of nitrogens with zero attached hydrogens (tertiary/aromatic N) is 2. The molecular weight excluding hydrogens is 290 g/mol. The van der Waals surface area contributed by atoms with Crippen LogP contribution in [0, 0.1) is 5.92 Å². The van der Waals surface area contributed by atoms with E-state index in [1.54, 1.807) is 11.8 Å². The molecule has 1 saturated carbocycles. The maximum absolute atomic E-state index is 12.3. The van der Waals surface area contributed by atoms with Gasteiger partial charge in [-0.15, -0.1) is 12.4 Å². The Morgan fingerprint density at radius 3 is 2.24 bits per heavy atom. The first kappa shape index (κ1) is 18.2. The Kier molecular flexibility index (Phi) is 7.46. The zero-order valence-electron chi connectivity index (χ0n) is 12.9. The standard InChI is InChI=1S/C15H27N3O2.ClH/c1-12(16)15(20)18-8-4-7-17(9-10-18)14(19)11-13-5-2-3-6-13;/h12-13H,2-11,16H2,1H3;1H/t12-;/m0./s1. The van der Waals surface area contributed by atoms with Gasteiger partial charge in [-0.25, -0.2) is 0 Å². The van der Waals surface area contributed by atoms with Gasteiger partial charge in [-0.3, -0.25) is 9.59 Å². The van der Waals surface area contributed by atoms with Crippen LogP contribution in [0.25, 0.3) is 0 Å². The van der Waals surface area contributed by atoms with Gasteiger partial charge in [-0.1, -0.05) is 12.8 Å². The SMILES string of the molecule is C[C@H](N)C(=O)N1CCCN(C(=O)CC2CCCC2)CC1.Cl. The first-order valence-electron chi connectivity index (χ1n) is 7.90. The van der Waals surface area contributed by atoms with E-state index in [1.807, 2.05) is 4.90 Å². The Hall–Kier alpha value is -0.810. The van der Waals surface area contributed by atoms with Gasteiger partial charge in [0.15, 0.2) is 0 Å². The second kappa shape index (κ2) is 8.59. The summed E-state index contributed by atoms with van der Waals surface area (Å²) in [5.74, 6) is 0.856. The van der Waals surface area contributed by atoms with Crippen LogP contribution in [0.5, 0.6) is 0 Å². The molecule has 2 N–H and O–H groups in total. The number of amides is 2. The molecule has 1 aliphatic heterocycles. The third kappa shape index (κ3) is 5.15. The molecule has 0 aromatic heterocycles. The summed E-state index contributed by atoms with van der Waals surface area (Å²) in [6.07, 6.45) is 6.50. The number of carbonyl (C=O) groups excluding carboxylic acids is 2. The highest BCUT2D eigenvalue weighted by Crippen LogP contribution is 2.28. The fraction of sp³-hybridized carbons (Fsp3) is 0.867. The van der Waals surface area contributed by atoms with Crippen LogP contribution in [0.4, 0.5) is 0 Å². The minimum absolute atomic E-state index is 0. The van der Waals surface area contributed by atoms with E-state index in [2.05, 4.69) is 0 Å². The predicted octanol–water partition coefficient (Wildman–Crippen LogP) is 1.40. The molecule has 2 rings (SSSR count). The van der Waals surface area contributed by atoms with Crippen LogP contribution in [-0.4, -0.2) is 53.8 Å². The van der Waals surface area contributed by atoms with Crippen LogP contribution < -0.4 is 5.73 Å². The molecule has 5 nitrogen and oxygen atoms in total. The van der Waals surface area contributed by atoms with Gasteiger partial charge in [-0.2, -0.15) is 0 Å². The number of rotatable bonds is 3. The molecule has 0 aromatic rings. The number of nitrogens with two attached hydrogens (primary N) is 1. The lowest BCUT2D eigenvalue weighted by molar-refractivity contribution is -0.134. The van der Waals surface area contributed by atoms with Gasteiger partial charge in [-0.05, 0) is 32.1 Å². The molecule has 0 spiro atoms. The van der Waals surface area contributed by atoms with Crippen LogP contribution in [-0.2, 0) is 9.59 Å². The maximum Gasteiger partial charge on any atom is 0.239 e. The van der Waals surface area contributed by atoms with Crippen molar-refractivity contribution in [2.45, 2.75) is 51.5 Å². The lowest BCUT2D eigenvalue weighted by Gasteiger charge is -2.24. The number of hydrogen-bond donors (Lipinski definition) is 1. The van der Waals surface area contributed by atoms with Crippen molar-refractivity contribution in [1.29, 1.82) is 0 Å². The molecule has 1 aliphatic carbocycles. The zero-order valence-corrected chi connectivity index (χ0v) is 13.7. The van der Waals surface area contributed by atoms with Crippen LogP contribution in [0.2, 0.25) is 0 Å². The molecule has 2 amide bonds. The minimum Gasteiger partial charge on any atom is -0.341 e. The fourth-order valence-corrected chi connectivity index (χ4v) is 3.27. The van der Waals surface area contributed by atoms with Crippen molar-refractivity contribution in [3.05, 3.63) is 0 Å². The molecular formula is C15H28ClN3O2. The van der Waals surface area contributed by atoms with Crippen LogP contribution in [0.1, 0.15) is 45.4 Å². The Morgan fingerprint density at radius 1 is 1.05 bits per heavy atom. The topological polar surface area (TPSA) is 66.6 Å². The number of hydrogen-bond acceptors (Lipinski definition) is 3. The molecule has 0 bridgehead atoms. The van der Waals surface area contributed by atoms with Gasteiger partial charge in [0.25, 0.3) is 0 Å². The van der Waals surface area contributed by atoms with Crippen molar-refractivity contribution in [1.82, 2.24) is 9.80 Å². The normalized spacial score (nSPS) is 21.6. The van der Waals surface area contributed by atoms with Gasteiger partial charge >= 0.3 is 0 Å². The molecule has 122 valence electrons. The summed E-state index contributed by atoms with van der Waals surface area (Å²) in [5.41, 5.74) is 5.65. The fourth-order valence-electron chi connectivity index (χ4n) is 3.27. The smallest absolute Gasteiger partial charge is 0.239 e. The molecule has 2 aliphatic rings. The number of halogens is 1. The summed E-state index contributed by atoms with van der Waals surface area (Å²) in [4.78, 5) is 28.0. The molecule has 2 fully saturated rings. The summed E-state index contributed by atoms with van der Waals surface area (Å²) < 4.78 is 0. The third-order valence-corrected chi connectivity index (χ3v) is 4.49. The van der Waals surface area contributed by atoms with E-state index in [0.29, 0.717) is 32.0 Å². The van der Waals surface area contributed by atoms with Gasteiger partial charge in [0.1, 0.15) is 0 Å². The predicted molar refractivity (Wildman–Crippen MR) is 85.2 cm³/mol. The van der Waals surface area contributed by atoms with Crippen molar-refractivity contribution in [3.8, 4) is 0 Å². The lowest BCUT2D eigenvalue weighted by atomic mass is 10.0. The van der Waals surface area contributed by atoms with E-state index in [1.165, 1.54) is 25.7 Å². The highest BCUT2D eigenvalue weighted by Gasteiger charge is 2.25. The summed E-state index contributed by atoms with van der Waals surface area (Å²) in [6, 6.07) is -0.448. The van der Waals surface area contributed by atoms with Crippen LogP contribution in [0.3, 0.4) is 0 Å². The largest absolute Gasteiger partial charge is 0.341 e. The Labute approximate surface area is 133 Å². The monoisotopic (exact) mass is 317 g/mol. The van der Waals surface area contributed by atoms with Crippen LogP contribution in [0.15, 0.2) is 0 Å². The van der Waals surface area contributed by atoms with Crippen molar-refractivity contribution >= 4 is 24.2 Å². The molecule has 1 atom stereocenters. The summed E-state index contributed by atoms with van der Waals surface area (Å²) in [7, 11) is 0. The van der Waals surface area contributed by atoms with E-state index in [9.17, 15) is 9.59 Å². The molecule has 6 heteroatoms. The third-order valence-electron chi connectivity index (χ3n) is 4.49. The highest BCUT2D eigenvalue weighted by molar-refractivity contribution is 5.85. The quantitative estimate of drug-likeness (QED) is 0.855. The molecule has 0 aromatic carbocycles. The first-order valence-corrected chi connectivity index (χ1v) is 7.90. The molecule has 1 heterocycles. The Balaban J connectivity index is 0.00000220. The summed E-state index contributed by atoms with van der Waals surface area (Å²) >= 11 is 0. The lowest BCUT2D eigenvalue weighted by Crippen LogP contribution is -2.44. The van der Waals surface area contributed by atoms with Gasteiger partial charge in [0, 0.05) is 32.6 Å². The second-order valence-corrected chi connectivity index (χ2v) is 6.20. The van der Waals surface area contributed by atoms with Gasteiger partial charge < -0.3 is 15.5 Å². The van der Waals surface area contributed by atoms with Crippen molar-refractivity contribution in [2.75, 3.05) is 26.2 Å². The van der Waals surface area contributed by atoms with Gasteiger partial charge in [0.05, 0.1) is 6.04 Å². The molecule has 0 radical (unpaired) electrons. The summed E-state index contributed by atoms with van der Waals surface area (Å²) in [6.45, 7) is 4.49. The summed E-state index contributed by atoms with van der Waals surface area (Å²) in [5, 5.41) is 0. The molecule has 1 saturated heterocycles. The first-order chi connectivity index (χ1) is 9.58. The average Bonchev–Trinajstić information content (AvgIpc) is 2.79. The van der Waals surface area contributed by atoms with E-state index >= 15 is 0 Å². The van der Waals surface area contributed by atoms with Gasteiger partial charge in [0.2, 0.25) is 11.8 Å². The zero-order chi connectivity index (χ0) is 14.5. The highest BCUT2D eigenvalue weighted by atomic mass is 35.5. The number of carbonyl (C=O) groups is 2.